The molecule has 0 aromatic heterocycles. The van der Waals surface area contributed by atoms with Crippen LogP contribution in [0.4, 0.5) is 0 Å². The van der Waals surface area contributed by atoms with Gasteiger partial charge in [-0.25, -0.2) is 13.1 Å². The Morgan fingerprint density at radius 1 is 1.08 bits per heavy atom. The summed E-state index contributed by atoms with van der Waals surface area (Å²) in [5.74, 6) is 0.288. The maximum absolute atomic E-state index is 12.1. The summed E-state index contributed by atoms with van der Waals surface area (Å²) in [5.41, 5.74) is 0.559. The largest absolute Gasteiger partial charge is 0.355 e. The van der Waals surface area contributed by atoms with E-state index in [1.807, 2.05) is 0 Å². The van der Waals surface area contributed by atoms with Crippen LogP contribution in [0.3, 0.4) is 0 Å². The van der Waals surface area contributed by atoms with Crippen molar-refractivity contribution in [2.45, 2.75) is 44.3 Å². The van der Waals surface area contributed by atoms with Crippen molar-refractivity contribution in [3.05, 3.63) is 33.8 Å². The lowest BCUT2D eigenvalue weighted by Gasteiger charge is -2.20. The van der Waals surface area contributed by atoms with Crippen LogP contribution in [-0.4, -0.2) is 27.4 Å². The van der Waals surface area contributed by atoms with Gasteiger partial charge in [-0.05, 0) is 36.5 Å². The molecule has 0 atom stereocenters. The SMILES string of the molecule is O=C(CC1CCCCC1)NCCNS(=O)(=O)Cc1ccc(Cl)c(Cl)c1. The average Bonchev–Trinajstić information content (AvgIpc) is 2.56. The third-order valence-electron chi connectivity index (χ3n) is 4.31. The minimum atomic E-state index is -3.49. The number of hydrogen-bond acceptors (Lipinski definition) is 3. The first-order chi connectivity index (χ1) is 11.9. The number of carbonyl (C=O) groups excluding carboxylic acids is 1. The van der Waals surface area contributed by atoms with Crippen LogP contribution in [-0.2, 0) is 20.6 Å². The van der Waals surface area contributed by atoms with Gasteiger partial charge in [-0.2, -0.15) is 0 Å². The minimum Gasteiger partial charge on any atom is -0.355 e. The fraction of sp³-hybridized carbons (Fsp3) is 0.588. The average molecular weight is 407 g/mol. The molecule has 5 nitrogen and oxygen atoms in total. The molecular weight excluding hydrogens is 383 g/mol. The van der Waals surface area contributed by atoms with Gasteiger partial charge < -0.3 is 5.32 Å². The maximum atomic E-state index is 12.1. The van der Waals surface area contributed by atoms with Crippen molar-refractivity contribution in [3.63, 3.8) is 0 Å². The van der Waals surface area contributed by atoms with Crippen molar-refractivity contribution in [1.29, 1.82) is 0 Å². The van der Waals surface area contributed by atoms with Gasteiger partial charge in [-0.3, -0.25) is 4.79 Å². The second-order valence-corrected chi connectivity index (χ2v) is 9.08. The Morgan fingerprint density at radius 2 is 1.80 bits per heavy atom. The van der Waals surface area contributed by atoms with Crippen molar-refractivity contribution in [3.8, 4) is 0 Å². The zero-order valence-electron chi connectivity index (χ0n) is 14.1. The molecule has 0 saturated heterocycles. The summed E-state index contributed by atoms with van der Waals surface area (Å²) < 4.78 is 26.6. The molecule has 0 unspecified atom stereocenters. The first-order valence-corrected chi connectivity index (χ1v) is 10.9. The van der Waals surface area contributed by atoms with Crippen molar-refractivity contribution in [2.75, 3.05) is 13.1 Å². The molecule has 140 valence electrons. The van der Waals surface area contributed by atoms with Gasteiger partial charge in [0.25, 0.3) is 0 Å². The number of benzene rings is 1. The first-order valence-electron chi connectivity index (χ1n) is 8.54. The number of nitrogens with one attached hydrogen (secondary N) is 2. The maximum Gasteiger partial charge on any atom is 0.220 e. The quantitative estimate of drug-likeness (QED) is 0.648. The Hall–Kier alpha value is -0.820. The standard InChI is InChI=1S/C17H24Cl2N2O3S/c18-15-7-6-14(10-16(15)19)12-25(23,24)21-9-8-20-17(22)11-13-4-2-1-3-5-13/h6-7,10,13,21H,1-5,8-9,11-12H2,(H,20,22). The third kappa shape index (κ3) is 7.52. The Morgan fingerprint density at radius 3 is 2.48 bits per heavy atom. The smallest absolute Gasteiger partial charge is 0.220 e. The Kier molecular flexibility index (Phi) is 8.00. The minimum absolute atomic E-state index is 0.00409. The lowest BCUT2D eigenvalue weighted by atomic mass is 9.87. The van der Waals surface area contributed by atoms with Gasteiger partial charge in [0.1, 0.15) is 0 Å². The topological polar surface area (TPSA) is 75.3 Å². The highest BCUT2D eigenvalue weighted by Gasteiger charge is 2.17. The molecular formula is C17H24Cl2N2O3S. The van der Waals surface area contributed by atoms with Gasteiger partial charge >= 0.3 is 0 Å². The molecule has 0 bridgehead atoms. The number of halogens is 2. The third-order valence-corrected chi connectivity index (χ3v) is 6.41. The summed E-state index contributed by atoms with van der Waals surface area (Å²) in [7, 11) is -3.49. The van der Waals surface area contributed by atoms with Crippen molar-refractivity contribution in [2.24, 2.45) is 5.92 Å². The molecule has 2 N–H and O–H groups in total. The molecule has 1 aromatic rings. The Bertz CT molecular complexity index is 689. The van der Waals surface area contributed by atoms with E-state index >= 15 is 0 Å². The van der Waals surface area contributed by atoms with E-state index in [1.165, 1.54) is 25.3 Å². The lowest BCUT2D eigenvalue weighted by molar-refractivity contribution is -0.122. The fourth-order valence-electron chi connectivity index (χ4n) is 3.03. The van der Waals surface area contributed by atoms with Gasteiger partial charge in [0.15, 0.2) is 0 Å². The highest BCUT2D eigenvalue weighted by molar-refractivity contribution is 7.88. The molecule has 0 spiro atoms. The lowest BCUT2D eigenvalue weighted by Crippen LogP contribution is -2.35. The van der Waals surface area contributed by atoms with Crippen molar-refractivity contribution < 1.29 is 13.2 Å². The van der Waals surface area contributed by atoms with Crippen LogP contribution >= 0.6 is 23.2 Å². The number of rotatable bonds is 8. The van der Waals surface area contributed by atoms with E-state index in [0.717, 1.165) is 12.8 Å². The van der Waals surface area contributed by atoms with E-state index in [9.17, 15) is 13.2 Å². The van der Waals surface area contributed by atoms with Crippen LogP contribution in [0.2, 0.25) is 10.0 Å². The van der Waals surface area contributed by atoms with E-state index in [4.69, 9.17) is 23.2 Å². The number of carbonyl (C=O) groups is 1. The molecule has 0 aliphatic heterocycles. The normalized spacial score (nSPS) is 15.9. The van der Waals surface area contributed by atoms with Gasteiger partial charge in [0, 0.05) is 19.5 Å². The second kappa shape index (κ2) is 9.76. The van der Waals surface area contributed by atoms with Crippen LogP contribution < -0.4 is 10.0 Å². The Balaban J connectivity index is 1.68. The van der Waals surface area contributed by atoms with E-state index in [2.05, 4.69) is 10.0 Å². The molecule has 2 rings (SSSR count). The number of amides is 1. The molecule has 1 aliphatic rings. The predicted molar refractivity (Wildman–Crippen MR) is 101 cm³/mol. The summed E-state index contributed by atoms with van der Waals surface area (Å²) >= 11 is 11.7. The molecule has 0 radical (unpaired) electrons. The van der Waals surface area contributed by atoms with Gasteiger partial charge in [-0.15, -0.1) is 0 Å². The van der Waals surface area contributed by atoms with Gasteiger partial charge in [0.2, 0.25) is 15.9 Å². The summed E-state index contributed by atoms with van der Waals surface area (Å²) in [6.07, 6.45) is 6.43. The van der Waals surface area contributed by atoms with Crippen molar-refractivity contribution in [1.82, 2.24) is 10.0 Å². The van der Waals surface area contributed by atoms with Crippen LogP contribution in [0.25, 0.3) is 0 Å². The zero-order chi connectivity index (χ0) is 18.3. The first kappa shape index (κ1) is 20.5. The summed E-state index contributed by atoms with van der Waals surface area (Å²) in [6, 6.07) is 4.73. The van der Waals surface area contributed by atoms with Crippen LogP contribution in [0.15, 0.2) is 18.2 Å². The van der Waals surface area contributed by atoms with E-state index in [1.54, 1.807) is 12.1 Å². The number of hydrogen-bond donors (Lipinski definition) is 2. The van der Waals surface area contributed by atoms with E-state index in [-0.39, 0.29) is 24.7 Å². The molecule has 1 fully saturated rings. The molecule has 1 aliphatic carbocycles. The highest BCUT2D eigenvalue weighted by Crippen LogP contribution is 2.26. The second-order valence-electron chi connectivity index (χ2n) is 6.46. The van der Waals surface area contributed by atoms with Crippen LogP contribution in [0.1, 0.15) is 44.1 Å². The molecule has 1 aromatic carbocycles. The van der Waals surface area contributed by atoms with Gasteiger partial charge in [-0.1, -0.05) is 48.5 Å². The summed E-state index contributed by atoms with van der Waals surface area (Å²) in [6.45, 7) is 0.451. The fourth-order valence-corrected chi connectivity index (χ4v) is 4.49. The summed E-state index contributed by atoms with van der Waals surface area (Å²) in [4.78, 5) is 11.9. The molecule has 0 heterocycles. The molecule has 1 amide bonds. The van der Waals surface area contributed by atoms with Crippen LogP contribution in [0.5, 0.6) is 0 Å². The predicted octanol–water partition coefficient (Wildman–Crippen LogP) is 3.50. The number of sulfonamides is 1. The summed E-state index contributed by atoms with van der Waals surface area (Å²) in [5, 5.41) is 3.49. The molecule has 25 heavy (non-hydrogen) atoms. The van der Waals surface area contributed by atoms with E-state index < -0.39 is 10.0 Å². The zero-order valence-corrected chi connectivity index (χ0v) is 16.4. The molecule has 8 heteroatoms. The molecule has 1 saturated carbocycles. The van der Waals surface area contributed by atoms with Gasteiger partial charge in [0.05, 0.1) is 15.8 Å². The Labute approximate surface area is 159 Å². The monoisotopic (exact) mass is 406 g/mol. The van der Waals surface area contributed by atoms with E-state index in [0.29, 0.717) is 27.9 Å². The van der Waals surface area contributed by atoms with Crippen LogP contribution in [0, 0.1) is 5.92 Å². The highest BCUT2D eigenvalue weighted by atomic mass is 35.5. The van der Waals surface area contributed by atoms with Crippen molar-refractivity contribution >= 4 is 39.1 Å².